The van der Waals surface area contributed by atoms with E-state index in [1.165, 1.54) is 12.3 Å². The molecule has 0 atom stereocenters. The van der Waals surface area contributed by atoms with E-state index >= 15 is 0 Å². The van der Waals surface area contributed by atoms with Crippen LogP contribution in [0, 0.1) is 5.21 Å². The fraction of sp³-hybridized carbons (Fsp3) is 0. The van der Waals surface area contributed by atoms with Crippen LogP contribution in [-0.2, 0) is 0 Å². The minimum Gasteiger partial charge on any atom is -0.733 e. The molecule has 7 heteroatoms. The number of benzene rings is 1. The summed E-state index contributed by atoms with van der Waals surface area (Å²) < 4.78 is 0. The minimum absolute atomic E-state index is 0.0771. The first kappa shape index (κ1) is 12.5. The van der Waals surface area contributed by atoms with Crippen molar-refractivity contribution < 1.29 is 5.21 Å². The topological polar surface area (TPSA) is 62.3 Å². The Kier molecular flexibility index (Phi) is 3.51. The van der Waals surface area contributed by atoms with Crippen molar-refractivity contribution in [2.24, 2.45) is 0 Å². The van der Waals surface area contributed by atoms with Crippen LogP contribution in [0.2, 0.25) is 15.2 Å². The smallest absolute Gasteiger partial charge is 0.125 e. The normalized spacial score (nSPS) is 10.6. The van der Waals surface area contributed by atoms with Crippen molar-refractivity contribution >= 4 is 40.5 Å². The van der Waals surface area contributed by atoms with Crippen LogP contribution in [0.5, 0.6) is 0 Å². The fourth-order valence-corrected chi connectivity index (χ4v) is 2.12. The van der Waals surface area contributed by atoms with Crippen molar-refractivity contribution in [2.45, 2.75) is 0 Å². The fourth-order valence-electron chi connectivity index (χ4n) is 1.50. The number of anilines is 1. The number of nitrogens with one attached hydrogen (secondary N) is 1. The Hall–Kier alpha value is -0.910. The number of hydrogen-bond acceptors (Lipinski definition) is 3. The van der Waals surface area contributed by atoms with Crippen LogP contribution in [0.1, 0.15) is 0 Å². The summed E-state index contributed by atoms with van der Waals surface area (Å²) >= 11 is 17.6. The van der Waals surface area contributed by atoms with Gasteiger partial charge in [0.15, 0.2) is 0 Å². The zero-order valence-electron chi connectivity index (χ0n) is 8.25. The van der Waals surface area contributed by atoms with E-state index in [9.17, 15) is 5.21 Å². The molecular formula is C10H6Cl3N2O2-. The van der Waals surface area contributed by atoms with E-state index in [1.807, 2.05) is 0 Å². The van der Waals surface area contributed by atoms with E-state index in [0.29, 0.717) is 11.1 Å². The predicted molar refractivity (Wildman–Crippen MR) is 68.9 cm³/mol. The van der Waals surface area contributed by atoms with Crippen LogP contribution >= 0.6 is 34.8 Å². The molecule has 0 aliphatic carbocycles. The summed E-state index contributed by atoms with van der Waals surface area (Å²) in [6.07, 6.45) is 1.53. The molecule has 17 heavy (non-hydrogen) atoms. The summed E-state index contributed by atoms with van der Waals surface area (Å²) in [4.78, 5) is 2.71. The van der Waals surface area contributed by atoms with Gasteiger partial charge >= 0.3 is 0 Å². The highest BCUT2D eigenvalue weighted by molar-refractivity contribution is 6.43. The Morgan fingerprint density at radius 1 is 1.18 bits per heavy atom. The number of aromatic nitrogens is 1. The zero-order valence-corrected chi connectivity index (χ0v) is 10.5. The van der Waals surface area contributed by atoms with Crippen molar-refractivity contribution in [1.82, 2.24) is 4.98 Å². The largest absolute Gasteiger partial charge is 0.733 e. The first-order chi connectivity index (χ1) is 8.02. The molecule has 0 amide bonds. The molecule has 2 rings (SSSR count). The second kappa shape index (κ2) is 4.76. The molecule has 1 aromatic carbocycles. The Morgan fingerprint density at radius 3 is 2.41 bits per heavy atom. The lowest BCUT2D eigenvalue weighted by atomic mass is 10.1. The molecule has 0 saturated carbocycles. The lowest BCUT2D eigenvalue weighted by molar-refractivity contribution is 0.297. The van der Waals surface area contributed by atoms with Gasteiger partial charge in [-0.1, -0.05) is 46.9 Å². The van der Waals surface area contributed by atoms with Crippen molar-refractivity contribution in [3.8, 4) is 11.1 Å². The van der Waals surface area contributed by atoms with Gasteiger partial charge in [-0.2, -0.15) is 0 Å². The SMILES string of the molecule is [O-]N(O)c1c(Cl)cccc1-c1c[nH]c(Cl)c1Cl. The van der Waals surface area contributed by atoms with Gasteiger partial charge in [-0.15, -0.1) is 0 Å². The predicted octanol–water partition coefficient (Wildman–Crippen LogP) is 4.34. The molecule has 0 saturated heterocycles. The number of rotatable bonds is 2. The summed E-state index contributed by atoms with van der Waals surface area (Å²) in [6.45, 7) is 0. The van der Waals surface area contributed by atoms with Crippen molar-refractivity contribution in [3.63, 3.8) is 0 Å². The van der Waals surface area contributed by atoms with Crippen LogP contribution in [-0.4, -0.2) is 10.2 Å². The van der Waals surface area contributed by atoms with Crippen LogP contribution in [0.25, 0.3) is 11.1 Å². The summed E-state index contributed by atoms with van der Waals surface area (Å²) in [6, 6.07) is 4.74. The van der Waals surface area contributed by atoms with E-state index < -0.39 is 0 Å². The van der Waals surface area contributed by atoms with Gasteiger partial charge in [0.1, 0.15) is 5.15 Å². The van der Waals surface area contributed by atoms with E-state index in [-0.39, 0.29) is 26.1 Å². The van der Waals surface area contributed by atoms with Crippen molar-refractivity contribution in [2.75, 3.05) is 5.23 Å². The number of para-hydroxylation sites is 1. The standard InChI is InChI=1S/C10H6Cl3N2O2/c11-7-3-1-2-5(9(7)15(16)17)6-4-14-10(13)8(6)12/h1-4,14,16H/q-1. The summed E-state index contributed by atoms with van der Waals surface area (Å²) in [7, 11) is 0. The Morgan fingerprint density at radius 2 is 1.88 bits per heavy atom. The molecule has 2 aromatic rings. The van der Waals surface area contributed by atoms with Gasteiger partial charge in [0.05, 0.1) is 15.7 Å². The van der Waals surface area contributed by atoms with E-state index in [0.717, 1.165) is 0 Å². The quantitative estimate of drug-likeness (QED) is 0.810. The second-order valence-corrected chi connectivity index (χ2v) is 4.40. The molecule has 1 heterocycles. The molecule has 2 N–H and O–H groups in total. The number of nitrogens with zero attached hydrogens (tertiary/aromatic N) is 1. The maximum atomic E-state index is 11.1. The molecule has 0 radical (unpaired) electrons. The van der Waals surface area contributed by atoms with E-state index in [4.69, 9.17) is 40.0 Å². The molecular weight excluding hydrogens is 286 g/mol. The molecule has 90 valence electrons. The van der Waals surface area contributed by atoms with Gasteiger partial charge in [-0.05, 0) is 6.07 Å². The third-order valence-electron chi connectivity index (χ3n) is 2.24. The van der Waals surface area contributed by atoms with Gasteiger partial charge in [0.2, 0.25) is 0 Å². The highest BCUT2D eigenvalue weighted by atomic mass is 35.5. The minimum atomic E-state index is -0.297. The molecule has 0 bridgehead atoms. The first-order valence-electron chi connectivity index (χ1n) is 4.49. The maximum Gasteiger partial charge on any atom is 0.125 e. The summed E-state index contributed by atoms with van der Waals surface area (Å²) in [5.74, 6) is 0. The first-order valence-corrected chi connectivity index (χ1v) is 5.63. The third kappa shape index (κ3) is 2.22. The molecule has 0 unspecified atom stereocenters. The average molecular weight is 293 g/mol. The summed E-state index contributed by atoms with van der Waals surface area (Å²) in [5.41, 5.74) is 0.805. The maximum absolute atomic E-state index is 11.1. The number of aromatic amines is 1. The second-order valence-electron chi connectivity index (χ2n) is 3.24. The van der Waals surface area contributed by atoms with Crippen molar-refractivity contribution in [1.29, 1.82) is 0 Å². The van der Waals surface area contributed by atoms with Gasteiger partial charge in [-0.25, -0.2) is 0 Å². The number of H-pyrrole nitrogens is 1. The average Bonchev–Trinajstić information content (AvgIpc) is 2.59. The number of halogens is 3. The monoisotopic (exact) mass is 291 g/mol. The van der Waals surface area contributed by atoms with Gasteiger partial charge in [0.25, 0.3) is 0 Å². The van der Waals surface area contributed by atoms with Gasteiger partial charge in [0, 0.05) is 17.3 Å². The zero-order chi connectivity index (χ0) is 12.6. The van der Waals surface area contributed by atoms with Crippen LogP contribution < -0.4 is 5.23 Å². The highest BCUT2D eigenvalue weighted by Crippen LogP contribution is 2.41. The van der Waals surface area contributed by atoms with Crippen molar-refractivity contribution in [3.05, 3.63) is 44.8 Å². The Balaban J connectivity index is 2.67. The van der Waals surface area contributed by atoms with Gasteiger partial charge in [-0.3, -0.25) is 5.21 Å². The Labute approximate surface area is 112 Å². The molecule has 1 aromatic heterocycles. The van der Waals surface area contributed by atoms with E-state index in [2.05, 4.69) is 4.98 Å². The van der Waals surface area contributed by atoms with Gasteiger partial charge < -0.3 is 15.4 Å². The lowest BCUT2D eigenvalue weighted by Gasteiger charge is -2.25. The Bertz CT molecular complexity index is 554. The lowest BCUT2D eigenvalue weighted by Crippen LogP contribution is -2.09. The van der Waals surface area contributed by atoms with Crippen LogP contribution in [0.3, 0.4) is 0 Å². The van der Waals surface area contributed by atoms with Crippen LogP contribution in [0.4, 0.5) is 5.69 Å². The molecule has 0 aliphatic heterocycles. The number of hydrogen-bond donors (Lipinski definition) is 2. The third-order valence-corrected chi connectivity index (χ3v) is 3.33. The molecule has 0 aliphatic rings. The molecule has 0 spiro atoms. The van der Waals surface area contributed by atoms with Crippen LogP contribution in [0.15, 0.2) is 24.4 Å². The van der Waals surface area contributed by atoms with E-state index in [1.54, 1.807) is 12.1 Å². The highest BCUT2D eigenvalue weighted by Gasteiger charge is 2.15. The summed E-state index contributed by atoms with van der Waals surface area (Å²) in [5, 5.41) is 20.5. The molecule has 4 nitrogen and oxygen atoms in total. The molecule has 0 fully saturated rings.